The first-order chi connectivity index (χ1) is 11.5. The largest absolute Gasteiger partial charge is 0.497 e. The Hall–Kier alpha value is -3.02. The van der Waals surface area contributed by atoms with Crippen molar-refractivity contribution in [3.63, 3.8) is 0 Å². The van der Waals surface area contributed by atoms with Crippen molar-refractivity contribution in [1.29, 1.82) is 0 Å². The molecule has 0 spiro atoms. The van der Waals surface area contributed by atoms with Gasteiger partial charge in [-0.3, -0.25) is 9.59 Å². The molecule has 0 fully saturated rings. The molecule has 2 aromatic carbocycles. The Labute approximate surface area is 140 Å². The summed E-state index contributed by atoms with van der Waals surface area (Å²) in [5.41, 5.74) is 2.85. The molecule has 0 saturated heterocycles. The minimum Gasteiger partial charge on any atom is -0.497 e. The molecule has 0 saturated carbocycles. The third-order valence-electron chi connectivity index (χ3n) is 4.03. The second kappa shape index (κ2) is 6.23. The van der Waals surface area contributed by atoms with Crippen LogP contribution >= 0.6 is 0 Å². The molecule has 0 unspecified atom stereocenters. The van der Waals surface area contributed by atoms with Gasteiger partial charge in [-0.05, 0) is 35.9 Å². The molecule has 2 aromatic rings. The minimum absolute atomic E-state index is 0.0472. The van der Waals surface area contributed by atoms with E-state index in [2.05, 4.69) is 5.32 Å². The molecule has 0 radical (unpaired) electrons. The highest BCUT2D eigenvalue weighted by atomic mass is 16.5. The van der Waals surface area contributed by atoms with E-state index in [0.29, 0.717) is 29.2 Å². The van der Waals surface area contributed by atoms with E-state index in [0.717, 1.165) is 11.3 Å². The van der Waals surface area contributed by atoms with Crippen molar-refractivity contribution in [2.75, 3.05) is 31.5 Å². The van der Waals surface area contributed by atoms with Gasteiger partial charge in [-0.25, -0.2) is 0 Å². The van der Waals surface area contributed by atoms with E-state index in [1.54, 1.807) is 36.2 Å². The molecule has 6 heteroatoms. The smallest absolute Gasteiger partial charge is 0.255 e. The Bertz CT molecular complexity index is 794. The van der Waals surface area contributed by atoms with Crippen molar-refractivity contribution in [3.8, 4) is 11.5 Å². The van der Waals surface area contributed by atoms with Crippen LogP contribution in [0.15, 0.2) is 36.4 Å². The molecule has 0 aromatic heterocycles. The second-order valence-electron chi connectivity index (χ2n) is 5.53. The van der Waals surface area contributed by atoms with Crippen molar-refractivity contribution < 1.29 is 19.1 Å². The molecule has 2 amide bonds. The maximum Gasteiger partial charge on any atom is 0.255 e. The molecule has 124 valence electrons. The first-order valence-electron chi connectivity index (χ1n) is 7.45. The number of nitrogens with one attached hydrogen (secondary N) is 1. The number of carbonyl (C=O) groups is 2. The van der Waals surface area contributed by atoms with Crippen LogP contribution in [0.5, 0.6) is 11.5 Å². The van der Waals surface area contributed by atoms with Gasteiger partial charge in [0.1, 0.15) is 11.5 Å². The summed E-state index contributed by atoms with van der Waals surface area (Å²) in [5, 5.41) is 2.84. The van der Waals surface area contributed by atoms with Gasteiger partial charge < -0.3 is 19.7 Å². The summed E-state index contributed by atoms with van der Waals surface area (Å²) >= 11 is 0. The summed E-state index contributed by atoms with van der Waals surface area (Å²) in [4.78, 5) is 25.8. The van der Waals surface area contributed by atoms with Crippen molar-refractivity contribution in [2.45, 2.75) is 6.42 Å². The highest BCUT2D eigenvalue weighted by molar-refractivity contribution is 6.06. The summed E-state index contributed by atoms with van der Waals surface area (Å²) in [6.45, 7) is 0. The zero-order valence-electron chi connectivity index (χ0n) is 13.8. The Kier molecular flexibility index (Phi) is 4.12. The van der Waals surface area contributed by atoms with Crippen LogP contribution in [-0.4, -0.2) is 33.1 Å². The van der Waals surface area contributed by atoms with Gasteiger partial charge in [0.15, 0.2) is 0 Å². The third kappa shape index (κ3) is 2.90. The van der Waals surface area contributed by atoms with Crippen molar-refractivity contribution in [1.82, 2.24) is 0 Å². The molecule has 1 heterocycles. The lowest BCUT2D eigenvalue weighted by Gasteiger charge is -2.12. The van der Waals surface area contributed by atoms with Gasteiger partial charge in [0.2, 0.25) is 5.91 Å². The maximum absolute atomic E-state index is 12.5. The van der Waals surface area contributed by atoms with E-state index in [1.165, 1.54) is 14.2 Å². The topological polar surface area (TPSA) is 67.9 Å². The van der Waals surface area contributed by atoms with E-state index in [1.807, 2.05) is 12.1 Å². The van der Waals surface area contributed by atoms with E-state index < -0.39 is 0 Å². The van der Waals surface area contributed by atoms with E-state index >= 15 is 0 Å². The van der Waals surface area contributed by atoms with Crippen LogP contribution in [0.4, 0.5) is 11.4 Å². The number of benzene rings is 2. The number of amides is 2. The maximum atomic E-state index is 12.5. The van der Waals surface area contributed by atoms with Crippen LogP contribution in [-0.2, 0) is 11.2 Å². The summed E-state index contributed by atoms with van der Waals surface area (Å²) in [5.74, 6) is 0.859. The van der Waals surface area contributed by atoms with Crippen LogP contribution in [0.1, 0.15) is 15.9 Å². The fraction of sp³-hybridized carbons (Fsp3) is 0.222. The third-order valence-corrected chi connectivity index (χ3v) is 4.03. The number of nitrogens with zero attached hydrogens (tertiary/aromatic N) is 1. The molecule has 3 rings (SSSR count). The summed E-state index contributed by atoms with van der Waals surface area (Å²) < 4.78 is 10.4. The van der Waals surface area contributed by atoms with Crippen LogP contribution < -0.4 is 19.7 Å². The Morgan fingerprint density at radius 1 is 1.08 bits per heavy atom. The molecule has 1 N–H and O–H groups in total. The number of carbonyl (C=O) groups excluding carboxylic acids is 2. The van der Waals surface area contributed by atoms with Gasteiger partial charge in [-0.15, -0.1) is 0 Å². The number of likely N-dealkylation sites (N-methyl/N-ethyl adjacent to an activating group) is 1. The highest BCUT2D eigenvalue weighted by Crippen LogP contribution is 2.30. The molecule has 0 aliphatic carbocycles. The van der Waals surface area contributed by atoms with Crippen LogP contribution in [0.3, 0.4) is 0 Å². The molecular formula is C18H18N2O4. The van der Waals surface area contributed by atoms with Crippen molar-refractivity contribution in [2.24, 2.45) is 0 Å². The predicted octanol–water partition coefficient (Wildman–Crippen LogP) is 2.48. The predicted molar refractivity (Wildman–Crippen MR) is 91.1 cm³/mol. The standard InChI is InChI=1S/C18H18N2O4/c1-20-16-5-4-13(6-11(16)9-17(20)21)19-18(22)12-7-14(23-2)10-15(8-12)24-3/h4-8,10H,9H2,1-3H3,(H,19,22). The Balaban J connectivity index is 1.83. The lowest BCUT2D eigenvalue weighted by molar-refractivity contribution is -0.117. The van der Waals surface area contributed by atoms with Gasteiger partial charge in [-0.1, -0.05) is 0 Å². The number of hydrogen-bond acceptors (Lipinski definition) is 4. The lowest BCUT2D eigenvalue weighted by Crippen LogP contribution is -2.20. The van der Waals surface area contributed by atoms with Gasteiger partial charge >= 0.3 is 0 Å². The fourth-order valence-electron chi connectivity index (χ4n) is 2.69. The van der Waals surface area contributed by atoms with Crippen molar-refractivity contribution in [3.05, 3.63) is 47.5 Å². The number of fused-ring (bicyclic) bond motifs is 1. The molecule has 0 bridgehead atoms. The molecule has 1 aliphatic heterocycles. The first kappa shape index (κ1) is 15.9. The van der Waals surface area contributed by atoms with E-state index in [9.17, 15) is 9.59 Å². The SMILES string of the molecule is COc1cc(OC)cc(C(=O)Nc2ccc3c(c2)CC(=O)N3C)c1. The van der Waals surface area contributed by atoms with Crippen LogP contribution in [0.25, 0.3) is 0 Å². The zero-order valence-corrected chi connectivity index (χ0v) is 13.8. The molecule has 0 atom stereocenters. The van der Waals surface area contributed by atoms with Gasteiger partial charge in [-0.2, -0.15) is 0 Å². The average Bonchev–Trinajstić information content (AvgIpc) is 2.88. The van der Waals surface area contributed by atoms with Crippen molar-refractivity contribution >= 4 is 23.2 Å². The minimum atomic E-state index is -0.273. The number of methoxy groups -OCH3 is 2. The lowest BCUT2D eigenvalue weighted by atomic mass is 10.1. The zero-order chi connectivity index (χ0) is 17.3. The van der Waals surface area contributed by atoms with Gasteiger partial charge in [0.25, 0.3) is 5.91 Å². The summed E-state index contributed by atoms with van der Waals surface area (Å²) in [6.07, 6.45) is 0.350. The Morgan fingerprint density at radius 2 is 1.75 bits per heavy atom. The Morgan fingerprint density at radius 3 is 2.38 bits per heavy atom. The second-order valence-corrected chi connectivity index (χ2v) is 5.53. The number of anilines is 2. The summed E-state index contributed by atoms with van der Waals surface area (Å²) in [6, 6.07) is 10.4. The number of ether oxygens (including phenoxy) is 2. The van der Waals surface area contributed by atoms with E-state index in [4.69, 9.17) is 9.47 Å². The molecular weight excluding hydrogens is 308 g/mol. The van der Waals surface area contributed by atoms with Gasteiger partial charge in [0.05, 0.1) is 20.6 Å². The first-order valence-corrected chi connectivity index (χ1v) is 7.45. The monoisotopic (exact) mass is 326 g/mol. The normalized spacial score (nSPS) is 12.8. The van der Waals surface area contributed by atoms with Gasteiger partial charge in [0, 0.05) is 30.1 Å². The fourth-order valence-corrected chi connectivity index (χ4v) is 2.69. The van der Waals surface area contributed by atoms with E-state index in [-0.39, 0.29) is 11.8 Å². The number of rotatable bonds is 4. The quantitative estimate of drug-likeness (QED) is 0.937. The molecule has 1 aliphatic rings. The highest BCUT2D eigenvalue weighted by Gasteiger charge is 2.24. The summed E-state index contributed by atoms with van der Waals surface area (Å²) in [7, 11) is 4.81. The molecule has 24 heavy (non-hydrogen) atoms. The van der Waals surface area contributed by atoms with Crippen LogP contribution in [0.2, 0.25) is 0 Å². The molecule has 6 nitrogen and oxygen atoms in total. The average molecular weight is 326 g/mol. The van der Waals surface area contributed by atoms with Crippen LogP contribution in [0, 0.1) is 0 Å². The number of hydrogen-bond donors (Lipinski definition) is 1.